The zero-order valence-electron chi connectivity index (χ0n) is 17.2. The third-order valence-corrected chi connectivity index (χ3v) is 5.18. The number of carbonyl (C=O) groups is 1. The molecule has 1 aromatic carbocycles. The third kappa shape index (κ3) is 4.68. The molecule has 2 aromatic heterocycles. The van der Waals surface area contributed by atoms with Gasteiger partial charge in [-0.25, -0.2) is 0 Å². The molecule has 9 heteroatoms. The fourth-order valence-corrected chi connectivity index (χ4v) is 3.53. The molecule has 158 valence electrons. The number of aryl methyl sites for hydroxylation is 2. The summed E-state index contributed by atoms with van der Waals surface area (Å²) >= 11 is 0. The van der Waals surface area contributed by atoms with Crippen LogP contribution in [0.4, 0.5) is 0 Å². The molecule has 0 aliphatic carbocycles. The predicted octanol–water partition coefficient (Wildman–Crippen LogP) is 2.32. The molecule has 1 amide bonds. The second kappa shape index (κ2) is 9.08. The van der Waals surface area contributed by atoms with E-state index in [9.17, 15) is 4.79 Å². The highest BCUT2D eigenvalue weighted by molar-refractivity contribution is 5.76. The number of nitrogens with zero attached hydrogens (tertiary/aromatic N) is 5. The molecule has 0 unspecified atom stereocenters. The van der Waals surface area contributed by atoms with Crippen molar-refractivity contribution in [2.45, 2.75) is 26.3 Å². The van der Waals surface area contributed by atoms with Crippen molar-refractivity contribution in [1.82, 2.24) is 25.2 Å². The summed E-state index contributed by atoms with van der Waals surface area (Å²) in [6.45, 7) is 5.70. The van der Waals surface area contributed by atoms with Gasteiger partial charge < -0.3 is 18.6 Å². The minimum absolute atomic E-state index is 0.101. The summed E-state index contributed by atoms with van der Waals surface area (Å²) in [6, 6.07) is 9.77. The highest BCUT2D eigenvalue weighted by Crippen LogP contribution is 2.21. The standard InChI is InChI=1S/C21H25N5O4/c1-15-13-17(24-30-15)21-23-22-19(29-21)7-8-20(27)26-11-9-25(10-12-26)14-16-5-3-4-6-18(16)28-2/h3-6,13H,7-12,14H2,1-2H3. The lowest BCUT2D eigenvalue weighted by Crippen LogP contribution is -2.48. The van der Waals surface area contributed by atoms with Gasteiger partial charge in [0.05, 0.1) is 7.11 Å². The summed E-state index contributed by atoms with van der Waals surface area (Å²) < 4.78 is 16.0. The zero-order valence-corrected chi connectivity index (χ0v) is 17.2. The molecule has 3 heterocycles. The number of ether oxygens (including phenoxy) is 1. The molecule has 0 saturated carbocycles. The molecule has 1 aliphatic rings. The summed E-state index contributed by atoms with van der Waals surface area (Å²) in [4.78, 5) is 16.8. The topological polar surface area (TPSA) is 97.7 Å². The summed E-state index contributed by atoms with van der Waals surface area (Å²) in [5, 5.41) is 11.8. The van der Waals surface area contributed by atoms with E-state index in [1.807, 2.05) is 23.1 Å². The second-order valence-corrected chi connectivity index (χ2v) is 7.29. The van der Waals surface area contributed by atoms with Gasteiger partial charge in [-0.05, 0) is 13.0 Å². The third-order valence-electron chi connectivity index (χ3n) is 5.18. The quantitative estimate of drug-likeness (QED) is 0.584. The Morgan fingerprint density at radius 1 is 1.17 bits per heavy atom. The van der Waals surface area contributed by atoms with Gasteiger partial charge in [0.1, 0.15) is 11.5 Å². The van der Waals surface area contributed by atoms with Crippen LogP contribution in [0.3, 0.4) is 0 Å². The smallest absolute Gasteiger partial charge is 0.269 e. The number of methoxy groups -OCH3 is 1. The Morgan fingerprint density at radius 3 is 2.70 bits per heavy atom. The average Bonchev–Trinajstić information content (AvgIpc) is 3.42. The van der Waals surface area contributed by atoms with E-state index in [2.05, 4.69) is 26.3 Å². The molecule has 1 saturated heterocycles. The summed E-state index contributed by atoms with van der Waals surface area (Å²) in [5.74, 6) is 2.40. The molecule has 4 rings (SSSR count). The molecule has 9 nitrogen and oxygen atoms in total. The van der Waals surface area contributed by atoms with Gasteiger partial charge >= 0.3 is 0 Å². The lowest BCUT2D eigenvalue weighted by Gasteiger charge is -2.35. The average molecular weight is 411 g/mol. The molecular weight excluding hydrogens is 386 g/mol. The van der Waals surface area contributed by atoms with Crippen LogP contribution in [0, 0.1) is 6.92 Å². The molecule has 1 fully saturated rings. The minimum Gasteiger partial charge on any atom is -0.496 e. The molecule has 0 spiro atoms. The number of piperazine rings is 1. The normalized spacial score (nSPS) is 14.8. The number of hydrogen-bond acceptors (Lipinski definition) is 8. The first-order valence-electron chi connectivity index (χ1n) is 10.0. The fourth-order valence-electron chi connectivity index (χ4n) is 3.53. The minimum atomic E-state index is 0.101. The van der Waals surface area contributed by atoms with Crippen molar-refractivity contribution in [3.8, 4) is 17.3 Å². The van der Waals surface area contributed by atoms with Crippen molar-refractivity contribution in [3.05, 3.63) is 47.5 Å². The van der Waals surface area contributed by atoms with Crippen LogP contribution in [0.25, 0.3) is 11.6 Å². The SMILES string of the molecule is COc1ccccc1CN1CCN(C(=O)CCc2nnc(-c3cc(C)on3)o2)CC1. The molecule has 0 atom stereocenters. The van der Waals surface area contributed by atoms with E-state index in [0.717, 1.165) is 30.9 Å². The molecule has 3 aromatic rings. The Bertz CT molecular complexity index is 991. The number of carbonyl (C=O) groups excluding carboxylic acids is 1. The molecule has 30 heavy (non-hydrogen) atoms. The number of benzene rings is 1. The lowest BCUT2D eigenvalue weighted by atomic mass is 10.1. The number of aromatic nitrogens is 3. The monoisotopic (exact) mass is 411 g/mol. The second-order valence-electron chi connectivity index (χ2n) is 7.29. The van der Waals surface area contributed by atoms with Crippen molar-refractivity contribution < 1.29 is 18.5 Å². The van der Waals surface area contributed by atoms with Gasteiger partial charge in [0.25, 0.3) is 5.89 Å². The van der Waals surface area contributed by atoms with E-state index in [-0.39, 0.29) is 5.91 Å². The van der Waals surface area contributed by atoms with E-state index in [0.29, 0.717) is 49.2 Å². The first-order chi connectivity index (χ1) is 14.6. The molecular formula is C21H25N5O4. The zero-order chi connectivity index (χ0) is 20.9. The van der Waals surface area contributed by atoms with Crippen LogP contribution < -0.4 is 4.74 Å². The van der Waals surface area contributed by atoms with Crippen LogP contribution in [0.5, 0.6) is 5.75 Å². The predicted molar refractivity (Wildman–Crippen MR) is 108 cm³/mol. The lowest BCUT2D eigenvalue weighted by molar-refractivity contribution is -0.133. The maximum absolute atomic E-state index is 12.6. The number of amides is 1. The highest BCUT2D eigenvalue weighted by Gasteiger charge is 2.22. The van der Waals surface area contributed by atoms with Gasteiger partial charge in [-0.2, -0.15) is 0 Å². The molecule has 0 bridgehead atoms. The van der Waals surface area contributed by atoms with Crippen LogP contribution in [0.1, 0.15) is 23.6 Å². The van der Waals surface area contributed by atoms with E-state index in [1.54, 1.807) is 20.1 Å². The number of hydrogen-bond donors (Lipinski definition) is 0. The first-order valence-corrected chi connectivity index (χ1v) is 10.0. The van der Waals surface area contributed by atoms with Gasteiger partial charge in [0.15, 0.2) is 5.69 Å². The van der Waals surface area contributed by atoms with Crippen LogP contribution in [0.15, 0.2) is 39.3 Å². The van der Waals surface area contributed by atoms with Crippen LogP contribution in [-0.4, -0.2) is 64.3 Å². The van der Waals surface area contributed by atoms with Crippen molar-refractivity contribution in [3.63, 3.8) is 0 Å². The Morgan fingerprint density at radius 2 is 1.97 bits per heavy atom. The van der Waals surface area contributed by atoms with Crippen molar-refractivity contribution in [2.24, 2.45) is 0 Å². The van der Waals surface area contributed by atoms with E-state index >= 15 is 0 Å². The van der Waals surface area contributed by atoms with Gasteiger partial charge in [0.2, 0.25) is 11.8 Å². The van der Waals surface area contributed by atoms with Crippen molar-refractivity contribution >= 4 is 5.91 Å². The largest absolute Gasteiger partial charge is 0.496 e. The highest BCUT2D eigenvalue weighted by atomic mass is 16.5. The van der Waals surface area contributed by atoms with Gasteiger partial charge in [-0.15, -0.1) is 10.2 Å². The maximum atomic E-state index is 12.6. The van der Waals surface area contributed by atoms with Gasteiger partial charge in [-0.1, -0.05) is 23.4 Å². The van der Waals surface area contributed by atoms with Gasteiger partial charge in [0, 0.05) is 57.2 Å². The van der Waals surface area contributed by atoms with E-state index in [1.165, 1.54) is 0 Å². The fraction of sp³-hybridized carbons (Fsp3) is 0.429. The van der Waals surface area contributed by atoms with E-state index < -0.39 is 0 Å². The van der Waals surface area contributed by atoms with Crippen LogP contribution >= 0.6 is 0 Å². The summed E-state index contributed by atoms with van der Waals surface area (Å²) in [6.07, 6.45) is 0.746. The molecule has 0 radical (unpaired) electrons. The van der Waals surface area contributed by atoms with Crippen molar-refractivity contribution in [2.75, 3.05) is 33.3 Å². The summed E-state index contributed by atoms with van der Waals surface area (Å²) in [5.41, 5.74) is 1.66. The maximum Gasteiger partial charge on any atom is 0.269 e. The Kier molecular flexibility index (Phi) is 6.08. The van der Waals surface area contributed by atoms with Gasteiger partial charge in [-0.3, -0.25) is 9.69 Å². The first kappa shape index (κ1) is 20.1. The molecule has 1 aliphatic heterocycles. The Labute approximate surface area is 174 Å². The van der Waals surface area contributed by atoms with Crippen molar-refractivity contribution in [1.29, 1.82) is 0 Å². The van der Waals surface area contributed by atoms with Crippen LogP contribution in [0.2, 0.25) is 0 Å². The van der Waals surface area contributed by atoms with Crippen LogP contribution in [-0.2, 0) is 17.8 Å². The Balaban J connectivity index is 1.24. The Hall–Kier alpha value is -3.20. The van der Waals surface area contributed by atoms with E-state index in [4.69, 9.17) is 13.7 Å². The number of para-hydroxylation sites is 1. The molecule has 0 N–H and O–H groups in total. The number of rotatable bonds is 7. The summed E-state index contributed by atoms with van der Waals surface area (Å²) in [7, 11) is 1.69.